The molecule has 1 unspecified atom stereocenters. The molecule has 0 spiro atoms. The van der Waals surface area contributed by atoms with Gasteiger partial charge < -0.3 is 19.6 Å². The predicted molar refractivity (Wildman–Crippen MR) is 97.1 cm³/mol. The molecule has 0 bridgehead atoms. The lowest BCUT2D eigenvalue weighted by molar-refractivity contribution is -0.148. The van der Waals surface area contributed by atoms with E-state index in [4.69, 9.17) is 15.0 Å². The summed E-state index contributed by atoms with van der Waals surface area (Å²) in [5.41, 5.74) is 8.10. The monoisotopic (exact) mass is 361 g/mol. The van der Waals surface area contributed by atoms with Crippen LogP contribution in [0.4, 0.5) is 0 Å². The average Bonchev–Trinajstić information content (AvgIpc) is 2.64. The number of benzene rings is 1. The Hall–Kier alpha value is -2.70. The third kappa shape index (κ3) is 7.92. The van der Waals surface area contributed by atoms with E-state index in [1.54, 1.807) is 6.92 Å². The molecule has 0 aliphatic heterocycles. The van der Waals surface area contributed by atoms with Gasteiger partial charge in [0.15, 0.2) is 0 Å². The van der Waals surface area contributed by atoms with E-state index in [1.165, 1.54) is 6.20 Å². The number of aldehydes is 1. The molecule has 0 saturated heterocycles. The summed E-state index contributed by atoms with van der Waals surface area (Å²) in [4.78, 5) is 22.8. The predicted octanol–water partition coefficient (Wildman–Crippen LogP) is 3.56. The summed E-state index contributed by atoms with van der Waals surface area (Å²) >= 11 is 0. The molecule has 2 atom stereocenters. The van der Waals surface area contributed by atoms with Gasteiger partial charge in [-0.3, -0.25) is 0 Å². The van der Waals surface area contributed by atoms with Gasteiger partial charge in [0.05, 0.1) is 12.3 Å². The highest BCUT2D eigenvalue weighted by molar-refractivity contribution is 5.76. The van der Waals surface area contributed by atoms with Crippen LogP contribution < -0.4 is 5.32 Å². The number of esters is 1. The molecule has 0 aliphatic rings. The fourth-order valence-electron chi connectivity index (χ4n) is 2.17. The Balaban J connectivity index is 2.62. The van der Waals surface area contributed by atoms with Crippen molar-refractivity contribution in [2.24, 2.45) is 11.0 Å². The minimum absolute atomic E-state index is 0.0333. The van der Waals surface area contributed by atoms with Crippen LogP contribution in [0.5, 0.6) is 0 Å². The van der Waals surface area contributed by atoms with E-state index in [9.17, 15) is 9.59 Å². The smallest absolute Gasteiger partial charge is 0.329 e. The molecular weight excluding hydrogens is 334 g/mol. The normalized spacial score (nSPS) is 13.6. The van der Waals surface area contributed by atoms with E-state index in [1.807, 2.05) is 44.2 Å². The largest absolute Gasteiger partial charge is 0.473 e. The molecule has 0 heterocycles. The average molecular weight is 361 g/mol. The molecule has 0 aliphatic carbocycles. The van der Waals surface area contributed by atoms with E-state index in [2.05, 4.69) is 10.4 Å². The van der Waals surface area contributed by atoms with E-state index < -0.39 is 12.0 Å². The zero-order valence-corrected chi connectivity index (χ0v) is 15.5. The van der Waals surface area contributed by atoms with Gasteiger partial charge in [0.25, 0.3) is 0 Å². The van der Waals surface area contributed by atoms with Crippen LogP contribution in [0, 0.1) is 11.4 Å². The standard InChI is InChI=1S/C19H27N3O4/c1-14(2)18(19(24)25-13-16-9-5-4-6-10-16)21-12-17(22-20)26-15(3)8-7-11-23/h4-6,9-12,14-15,18,20-21H,7-8,13H2,1-3H3/b17-12+,22-20?/t15?,18-/m0/s1. The van der Waals surface area contributed by atoms with E-state index in [-0.39, 0.29) is 24.5 Å². The second-order valence-corrected chi connectivity index (χ2v) is 6.25. The highest BCUT2D eigenvalue weighted by atomic mass is 16.5. The molecule has 1 aromatic rings. The first kappa shape index (κ1) is 21.3. The molecule has 0 aromatic heterocycles. The third-order valence-corrected chi connectivity index (χ3v) is 3.65. The van der Waals surface area contributed by atoms with Crippen LogP contribution in [0.1, 0.15) is 39.2 Å². The van der Waals surface area contributed by atoms with Crippen LogP contribution in [-0.2, 0) is 25.7 Å². The van der Waals surface area contributed by atoms with E-state index in [0.29, 0.717) is 12.8 Å². The van der Waals surface area contributed by atoms with Crippen LogP contribution in [0.25, 0.3) is 0 Å². The first-order valence-corrected chi connectivity index (χ1v) is 8.62. The topological polar surface area (TPSA) is 101 Å². The Morgan fingerprint density at radius 1 is 1.27 bits per heavy atom. The number of ether oxygens (including phenoxy) is 2. The van der Waals surface area contributed by atoms with Crippen LogP contribution in [0.3, 0.4) is 0 Å². The molecule has 0 fully saturated rings. The summed E-state index contributed by atoms with van der Waals surface area (Å²) < 4.78 is 10.8. The van der Waals surface area contributed by atoms with Gasteiger partial charge in [-0.2, -0.15) is 0 Å². The molecular formula is C19H27N3O4. The van der Waals surface area contributed by atoms with Crippen molar-refractivity contribution >= 4 is 12.3 Å². The fraction of sp³-hybridized carbons (Fsp3) is 0.474. The summed E-state index contributed by atoms with van der Waals surface area (Å²) in [6, 6.07) is 8.85. The van der Waals surface area contributed by atoms with Crippen molar-refractivity contribution in [1.82, 2.24) is 5.32 Å². The second-order valence-electron chi connectivity index (χ2n) is 6.25. The molecule has 0 radical (unpaired) electrons. The number of carbonyl (C=O) groups excluding carboxylic acids is 2. The van der Waals surface area contributed by atoms with Gasteiger partial charge >= 0.3 is 5.97 Å². The molecule has 7 nitrogen and oxygen atoms in total. The summed E-state index contributed by atoms with van der Waals surface area (Å²) in [6.45, 7) is 5.76. The minimum Gasteiger partial charge on any atom is -0.473 e. The van der Waals surface area contributed by atoms with Gasteiger partial charge in [-0.1, -0.05) is 44.2 Å². The number of hydrogen-bond donors (Lipinski definition) is 2. The fourth-order valence-corrected chi connectivity index (χ4v) is 2.17. The molecule has 1 aromatic carbocycles. The minimum atomic E-state index is -0.593. The van der Waals surface area contributed by atoms with Crippen molar-refractivity contribution in [3.8, 4) is 0 Å². The first-order chi connectivity index (χ1) is 12.5. The third-order valence-electron chi connectivity index (χ3n) is 3.65. The number of nitrogens with zero attached hydrogens (tertiary/aromatic N) is 1. The number of hydrogen-bond acceptors (Lipinski definition) is 7. The van der Waals surface area contributed by atoms with Gasteiger partial charge in [0.1, 0.15) is 18.9 Å². The molecule has 142 valence electrons. The summed E-state index contributed by atoms with van der Waals surface area (Å²) in [5, 5.41) is 6.23. The summed E-state index contributed by atoms with van der Waals surface area (Å²) in [5.74, 6) is -0.377. The Morgan fingerprint density at radius 2 is 1.96 bits per heavy atom. The summed E-state index contributed by atoms with van der Waals surface area (Å²) in [7, 11) is 0. The Labute approximate surface area is 154 Å². The van der Waals surface area contributed by atoms with Crippen molar-refractivity contribution in [2.45, 2.75) is 52.4 Å². The maximum absolute atomic E-state index is 12.4. The quantitative estimate of drug-likeness (QED) is 0.257. The van der Waals surface area contributed by atoms with Crippen molar-refractivity contribution in [3.05, 3.63) is 48.0 Å². The first-order valence-electron chi connectivity index (χ1n) is 8.62. The van der Waals surface area contributed by atoms with Crippen LogP contribution in [0.15, 0.2) is 47.5 Å². The highest BCUT2D eigenvalue weighted by Gasteiger charge is 2.23. The van der Waals surface area contributed by atoms with E-state index in [0.717, 1.165) is 11.8 Å². The summed E-state index contributed by atoms with van der Waals surface area (Å²) in [6.07, 6.45) is 2.85. The Morgan fingerprint density at radius 3 is 2.54 bits per heavy atom. The van der Waals surface area contributed by atoms with Gasteiger partial charge in [-0.25, -0.2) is 10.3 Å². The van der Waals surface area contributed by atoms with Crippen LogP contribution in [0.2, 0.25) is 0 Å². The van der Waals surface area contributed by atoms with Crippen molar-refractivity contribution in [2.75, 3.05) is 0 Å². The van der Waals surface area contributed by atoms with Crippen LogP contribution >= 0.6 is 0 Å². The van der Waals surface area contributed by atoms with Gasteiger partial charge in [0.2, 0.25) is 5.88 Å². The lowest BCUT2D eigenvalue weighted by atomic mass is 10.1. The zero-order valence-electron chi connectivity index (χ0n) is 15.5. The molecule has 26 heavy (non-hydrogen) atoms. The number of carbonyl (C=O) groups is 2. The molecule has 0 amide bonds. The molecule has 7 heteroatoms. The van der Waals surface area contributed by atoms with E-state index >= 15 is 0 Å². The van der Waals surface area contributed by atoms with Gasteiger partial charge in [0, 0.05) is 6.42 Å². The van der Waals surface area contributed by atoms with Gasteiger partial charge in [-0.05, 0) is 24.8 Å². The maximum atomic E-state index is 12.4. The molecule has 1 rings (SSSR count). The molecule has 2 N–H and O–H groups in total. The second kappa shape index (κ2) is 11.8. The SMILES string of the molecule is CC(CCC=O)O/C(=C/N[C@H](C(=O)OCc1ccccc1)C(C)C)N=N. The Kier molecular flexibility index (Phi) is 9.67. The lowest BCUT2D eigenvalue weighted by Crippen LogP contribution is -2.39. The van der Waals surface area contributed by atoms with Crippen molar-refractivity contribution < 1.29 is 19.1 Å². The van der Waals surface area contributed by atoms with Crippen LogP contribution in [-0.4, -0.2) is 24.4 Å². The molecule has 0 saturated carbocycles. The maximum Gasteiger partial charge on any atom is 0.329 e. The Bertz CT molecular complexity index is 602. The van der Waals surface area contributed by atoms with Crippen molar-refractivity contribution in [3.63, 3.8) is 0 Å². The zero-order chi connectivity index (χ0) is 19.4. The highest BCUT2D eigenvalue weighted by Crippen LogP contribution is 2.11. The lowest BCUT2D eigenvalue weighted by Gasteiger charge is -2.20. The van der Waals surface area contributed by atoms with Gasteiger partial charge in [-0.15, -0.1) is 5.11 Å². The number of nitrogens with one attached hydrogen (secondary N) is 2. The van der Waals surface area contributed by atoms with Crippen molar-refractivity contribution in [1.29, 1.82) is 5.53 Å². The number of rotatable bonds is 12.